The summed E-state index contributed by atoms with van der Waals surface area (Å²) in [5, 5.41) is 3.59. The van der Waals surface area contributed by atoms with E-state index in [1.165, 1.54) is 19.5 Å². The van der Waals surface area contributed by atoms with Crippen LogP contribution in [0, 0.1) is 0 Å². The number of halogens is 2. The Morgan fingerprint density at radius 2 is 1.82 bits per heavy atom. The molecule has 33 heavy (non-hydrogen) atoms. The molecule has 1 aromatic carbocycles. The zero-order valence-electron chi connectivity index (χ0n) is 19.9. The van der Waals surface area contributed by atoms with Gasteiger partial charge in [-0.3, -0.25) is 4.98 Å². The first-order valence-electron chi connectivity index (χ1n) is 10.7. The third kappa shape index (κ3) is 6.79. The summed E-state index contributed by atoms with van der Waals surface area (Å²) >= 11 is 13.1. The summed E-state index contributed by atoms with van der Waals surface area (Å²) in [5.41, 5.74) is 1.81. The average Bonchev–Trinajstić information content (AvgIpc) is 2.82. The van der Waals surface area contributed by atoms with Gasteiger partial charge in [-0.15, -0.1) is 0 Å². The Morgan fingerprint density at radius 3 is 2.39 bits per heavy atom. The zero-order chi connectivity index (χ0) is 24.7. The molecule has 1 heterocycles. The number of ether oxygens (including phenoxy) is 1. The van der Waals surface area contributed by atoms with Gasteiger partial charge in [0, 0.05) is 18.7 Å². The number of urea groups is 1. The Labute approximate surface area is 205 Å². The molecule has 0 aliphatic rings. The SMILES string of the molecule is CCN(C)CCC(C)N(C)C(=O)NC(C)c1ccc(-c2cnc(C(=O)OC)cn2)c(Cl)c1Cl. The average molecular weight is 496 g/mol. The van der Waals surface area contributed by atoms with Gasteiger partial charge in [0.1, 0.15) is 0 Å². The number of nitrogens with one attached hydrogen (secondary N) is 1. The summed E-state index contributed by atoms with van der Waals surface area (Å²) in [6.45, 7) is 7.86. The molecule has 0 radical (unpaired) electrons. The maximum atomic E-state index is 12.7. The predicted molar refractivity (Wildman–Crippen MR) is 131 cm³/mol. The minimum absolute atomic E-state index is 0.0826. The Hall–Kier alpha value is -2.42. The number of methoxy groups -OCH3 is 1. The summed E-state index contributed by atoms with van der Waals surface area (Å²) in [4.78, 5) is 36.5. The first kappa shape index (κ1) is 26.8. The molecular formula is C23H31Cl2N5O3. The van der Waals surface area contributed by atoms with Gasteiger partial charge >= 0.3 is 12.0 Å². The highest BCUT2D eigenvalue weighted by atomic mass is 35.5. The summed E-state index contributed by atoms with van der Waals surface area (Å²) in [7, 11) is 5.12. The van der Waals surface area contributed by atoms with Crippen LogP contribution in [0.3, 0.4) is 0 Å². The molecule has 2 unspecified atom stereocenters. The highest BCUT2D eigenvalue weighted by Crippen LogP contribution is 2.37. The van der Waals surface area contributed by atoms with Crippen LogP contribution in [0.25, 0.3) is 11.3 Å². The minimum Gasteiger partial charge on any atom is -0.464 e. The lowest BCUT2D eigenvalue weighted by atomic mass is 10.0. The second-order valence-corrected chi connectivity index (χ2v) is 8.68. The molecular weight excluding hydrogens is 465 g/mol. The lowest BCUT2D eigenvalue weighted by molar-refractivity contribution is 0.0593. The van der Waals surface area contributed by atoms with E-state index < -0.39 is 5.97 Å². The van der Waals surface area contributed by atoms with Crippen molar-refractivity contribution in [2.24, 2.45) is 0 Å². The maximum absolute atomic E-state index is 12.7. The van der Waals surface area contributed by atoms with E-state index in [9.17, 15) is 9.59 Å². The number of aromatic nitrogens is 2. The molecule has 0 fully saturated rings. The summed E-state index contributed by atoms with van der Waals surface area (Å²) in [6.07, 6.45) is 3.62. The predicted octanol–water partition coefficient (Wildman–Crippen LogP) is 4.67. The van der Waals surface area contributed by atoms with Crippen LogP contribution in [-0.2, 0) is 4.74 Å². The van der Waals surface area contributed by atoms with Crippen LogP contribution < -0.4 is 5.32 Å². The third-order valence-corrected chi connectivity index (χ3v) is 6.59. The van der Waals surface area contributed by atoms with Gasteiger partial charge in [-0.1, -0.05) is 42.3 Å². The largest absolute Gasteiger partial charge is 0.464 e. The summed E-state index contributed by atoms with van der Waals surface area (Å²) in [6, 6.07) is 3.09. The van der Waals surface area contributed by atoms with Crippen LogP contribution >= 0.6 is 23.2 Å². The van der Waals surface area contributed by atoms with Crippen LogP contribution in [0.1, 0.15) is 49.3 Å². The Morgan fingerprint density at radius 1 is 1.12 bits per heavy atom. The molecule has 8 nitrogen and oxygen atoms in total. The molecule has 0 saturated carbocycles. The second-order valence-electron chi connectivity index (χ2n) is 7.92. The third-order valence-electron chi connectivity index (χ3n) is 5.69. The van der Waals surface area contributed by atoms with Crippen molar-refractivity contribution >= 4 is 35.2 Å². The second kappa shape index (κ2) is 12.2. The number of esters is 1. The zero-order valence-corrected chi connectivity index (χ0v) is 21.4. The summed E-state index contributed by atoms with van der Waals surface area (Å²) < 4.78 is 4.63. The van der Waals surface area contributed by atoms with Gasteiger partial charge in [0.2, 0.25) is 0 Å². The van der Waals surface area contributed by atoms with Gasteiger partial charge in [0.25, 0.3) is 0 Å². The van der Waals surface area contributed by atoms with E-state index in [4.69, 9.17) is 23.2 Å². The van der Waals surface area contributed by atoms with Crippen LogP contribution in [0.4, 0.5) is 4.79 Å². The number of benzene rings is 1. The molecule has 0 saturated heterocycles. The normalized spacial score (nSPS) is 12.9. The van der Waals surface area contributed by atoms with Crippen LogP contribution in [0.5, 0.6) is 0 Å². The number of hydrogen-bond donors (Lipinski definition) is 1. The number of nitrogens with zero attached hydrogens (tertiary/aromatic N) is 4. The van der Waals surface area contributed by atoms with Crippen molar-refractivity contribution in [3.63, 3.8) is 0 Å². The molecule has 1 N–H and O–H groups in total. The topological polar surface area (TPSA) is 87.7 Å². The van der Waals surface area contributed by atoms with Crippen LogP contribution in [-0.4, -0.2) is 72.1 Å². The van der Waals surface area contributed by atoms with Gasteiger partial charge in [-0.25, -0.2) is 14.6 Å². The van der Waals surface area contributed by atoms with E-state index in [2.05, 4.69) is 38.9 Å². The van der Waals surface area contributed by atoms with Crippen molar-refractivity contribution in [3.05, 3.63) is 45.8 Å². The molecule has 0 bridgehead atoms. The molecule has 2 rings (SSSR count). The van der Waals surface area contributed by atoms with Crippen molar-refractivity contribution in [2.75, 3.05) is 34.3 Å². The van der Waals surface area contributed by atoms with Crippen LogP contribution in [0.2, 0.25) is 10.0 Å². The molecule has 10 heteroatoms. The molecule has 2 atom stereocenters. The Balaban J connectivity index is 2.12. The minimum atomic E-state index is -0.574. The lowest BCUT2D eigenvalue weighted by Crippen LogP contribution is -2.44. The fourth-order valence-corrected chi connectivity index (χ4v) is 3.70. The van der Waals surface area contributed by atoms with Crippen molar-refractivity contribution in [1.82, 2.24) is 25.1 Å². The fourth-order valence-electron chi connectivity index (χ4n) is 3.10. The van der Waals surface area contributed by atoms with Gasteiger partial charge in [0.15, 0.2) is 5.69 Å². The van der Waals surface area contributed by atoms with Gasteiger partial charge in [-0.2, -0.15) is 0 Å². The number of carbonyl (C=O) groups excluding carboxylic acids is 2. The molecule has 0 spiro atoms. The van der Waals surface area contributed by atoms with E-state index in [0.29, 0.717) is 26.9 Å². The first-order chi connectivity index (χ1) is 15.6. The molecule has 2 aromatic rings. The number of amides is 2. The van der Waals surface area contributed by atoms with Crippen molar-refractivity contribution in [1.29, 1.82) is 0 Å². The monoisotopic (exact) mass is 495 g/mol. The van der Waals surface area contributed by atoms with Gasteiger partial charge in [0.05, 0.1) is 41.3 Å². The highest BCUT2D eigenvalue weighted by Gasteiger charge is 2.22. The molecule has 0 aliphatic heterocycles. The first-order valence-corrected chi connectivity index (χ1v) is 11.5. The molecule has 2 amide bonds. The maximum Gasteiger partial charge on any atom is 0.358 e. The standard InChI is InChI=1S/C23H31Cl2N5O3/c1-7-29(4)11-10-14(2)30(5)23(32)28-15(3)16-8-9-17(21(25)20(16)24)18-12-27-19(13-26-18)22(31)33-6/h8-9,12-15H,7,10-11H2,1-6H3,(H,28,32). The molecule has 180 valence electrons. The van der Waals surface area contributed by atoms with Gasteiger partial charge in [-0.05, 0) is 46.0 Å². The van der Waals surface area contributed by atoms with Crippen molar-refractivity contribution < 1.29 is 14.3 Å². The lowest BCUT2D eigenvalue weighted by Gasteiger charge is -2.28. The highest BCUT2D eigenvalue weighted by molar-refractivity contribution is 6.44. The van der Waals surface area contributed by atoms with E-state index in [1.54, 1.807) is 24.1 Å². The quantitative estimate of drug-likeness (QED) is 0.508. The Kier molecular flexibility index (Phi) is 9.88. The van der Waals surface area contributed by atoms with E-state index >= 15 is 0 Å². The Bertz CT molecular complexity index is 971. The van der Waals surface area contributed by atoms with Crippen molar-refractivity contribution in [2.45, 2.75) is 39.3 Å². The smallest absolute Gasteiger partial charge is 0.358 e. The van der Waals surface area contributed by atoms with E-state index in [1.807, 2.05) is 13.8 Å². The molecule has 0 aliphatic carbocycles. The number of rotatable bonds is 9. The fraction of sp³-hybridized carbons (Fsp3) is 0.478. The van der Waals surface area contributed by atoms with Crippen LogP contribution in [0.15, 0.2) is 24.5 Å². The van der Waals surface area contributed by atoms with E-state index in [0.717, 1.165) is 19.5 Å². The number of hydrogen-bond acceptors (Lipinski definition) is 6. The number of carbonyl (C=O) groups is 2. The molecule has 1 aromatic heterocycles. The summed E-state index contributed by atoms with van der Waals surface area (Å²) in [5.74, 6) is -0.574. The van der Waals surface area contributed by atoms with Gasteiger partial charge < -0.3 is 19.9 Å². The van der Waals surface area contributed by atoms with Crippen molar-refractivity contribution in [3.8, 4) is 11.3 Å². The van der Waals surface area contributed by atoms with E-state index in [-0.39, 0.29) is 23.8 Å².